The number of nitrogens with one attached hydrogen (secondary N) is 1. The third-order valence-corrected chi connectivity index (χ3v) is 5.52. The molecule has 182 valence electrons. The lowest BCUT2D eigenvalue weighted by Crippen LogP contribution is -2.41. The molecule has 0 bridgehead atoms. The van der Waals surface area contributed by atoms with Crippen LogP contribution in [0.4, 0.5) is 23.5 Å². The van der Waals surface area contributed by atoms with Crippen LogP contribution in [0.15, 0.2) is 54.7 Å². The second-order valence-corrected chi connectivity index (χ2v) is 7.92. The summed E-state index contributed by atoms with van der Waals surface area (Å²) in [6.45, 7) is 0.370. The molecule has 0 saturated carbocycles. The van der Waals surface area contributed by atoms with Crippen LogP contribution < -0.4 is 11.1 Å². The Morgan fingerprint density at radius 2 is 1.89 bits per heavy atom. The van der Waals surface area contributed by atoms with Gasteiger partial charge in [-0.3, -0.25) is 4.79 Å². The van der Waals surface area contributed by atoms with Crippen LogP contribution >= 0.6 is 0 Å². The molecule has 1 amide bonds. The van der Waals surface area contributed by atoms with Crippen LogP contribution in [0.25, 0.3) is 16.8 Å². The van der Waals surface area contributed by atoms with Crippen molar-refractivity contribution in [3.8, 4) is 11.1 Å². The molecule has 0 unspecified atom stereocenters. The van der Waals surface area contributed by atoms with Crippen molar-refractivity contribution in [1.29, 1.82) is 0 Å². The van der Waals surface area contributed by atoms with E-state index in [-0.39, 0.29) is 28.2 Å². The predicted octanol–water partition coefficient (Wildman–Crippen LogP) is 4.32. The molecule has 2 aromatic carbocycles. The van der Waals surface area contributed by atoms with Crippen molar-refractivity contribution in [1.82, 2.24) is 19.9 Å². The first kappa shape index (κ1) is 24.1. The van der Waals surface area contributed by atoms with Crippen molar-refractivity contribution in [3.05, 3.63) is 83.1 Å². The van der Waals surface area contributed by atoms with Crippen molar-refractivity contribution in [2.45, 2.75) is 19.0 Å². The minimum atomic E-state index is -3.57. The highest BCUT2D eigenvalue weighted by atomic mass is 19.3. The van der Waals surface area contributed by atoms with Gasteiger partial charge in [-0.1, -0.05) is 24.3 Å². The van der Waals surface area contributed by atoms with Crippen LogP contribution in [0.1, 0.15) is 27.6 Å². The fraction of sp³-hybridized carbons (Fsp3) is 0.208. The van der Waals surface area contributed by atoms with Gasteiger partial charge in [0.25, 0.3) is 11.8 Å². The van der Waals surface area contributed by atoms with Gasteiger partial charge in [0.05, 0.1) is 12.1 Å². The number of nitrogen functional groups attached to an aromatic ring is 1. The molecule has 0 saturated heterocycles. The first-order valence-electron chi connectivity index (χ1n) is 10.5. The Labute approximate surface area is 197 Å². The molecule has 3 N–H and O–H groups in total. The number of alkyl halides is 2. The van der Waals surface area contributed by atoms with Crippen LogP contribution in [-0.2, 0) is 4.74 Å². The monoisotopic (exact) mass is 487 g/mol. The Kier molecular flexibility index (Phi) is 6.44. The largest absolute Gasteiger partial charge is 0.370 e. The highest BCUT2D eigenvalue weighted by Crippen LogP contribution is 2.34. The molecule has 4 rings (SSSR count). The van der Waals surface area contributed by atoms with Crippen molar-refractivity contribution >= 4 is 17.5 Å². The van der Waals surface area contributed by atoms with Crippen LogP contribution in [-0.4, -0.2) is 40.1 Å². The second kappa shape index (κ2) is 9.34. The number of pyridine rings is 1. The summed E-state index contributed by atoms with van der Waals surface area (Å²) in [6.07, 6.45) is -0.212. The third kappa shape index (κ3) is 4.80. The van der Waals surface area contributed by atoms with Crippen LogP contribution in [0.5, 0.6) is 0 Å². The molecule has 0 aliphatic heterocycles. The molecule has 2 heterocycles. The Balaban J connectivity index is 1.58. The van der Waals surface area contributed by atoms with Crippen molar-refractivity contribution in [2.24, 2.45) is 0 Å². The number of nitrogens with two attached hydrogens (primary N) is 1. The standard InChI is InChI=1S/C24H21F4N5O2/c1-13-3-8-17(15-9-10-33-18(11-15)31-23(29)32-33)20(26)19(13)22(34)30-12-24(27,28)21(35-2)14-4-6-16(25)7-5-14/h3-11,21H,12H2,1-2H3,(H2,29,32)(H,30,34)/t21-/m1/s1. The number of anilines is 1. The number of ether oxygens (including phenoxy) is 1. The number of nitrogens with zero attached hydrogens (tertiary/aromatic N) is 3. The van der Waals surface area contributed by atoms with Crippen LogP contribution in [0.3, 0.4) is 0 Å². The van der Waals surface area contributed by atoms with Gasteiger partial charge in [-0.25, -0.2) is 22.1 Å². The second-order valence-electron chi connectivity index (χ2n) is 7.92. The first-order valence-corrected chi connectivity index (χ1v) is 10.5. The summed E-state index contributed by atoms with van der Waals surface area (Å²) >= 11 is 0. The summed E-state index contributed by atoms with van der Waals surface area (Å²) in [5, 5.41) is 6.05. The fourth-order valence-corrected chi connectivity index (χ4v) is 3.81. The van der Waals surface area contributed by atoms with Crippen LogP contribution in [0, 0.1) is 18.6 Å². The molecule has 0 radical (unpaired) electrons. The number of methoxy groups -OCH3 is 1. The maximum absolute atomic E-state index is 15.4. The van der Waals surface area contributed by atoms with E-state index < -0.39 is 36.1 Å². The molecule has 11 heteroatoms. The molecule has 0 fully saturated rings. The van der Waals surface area contributed by atoms with E-state index in [1.165, 1.54) is 41.9 Å². The van der Waals surface area contributed by atoms with Crippen molar-refractivity contribution < 1.29 is 27.1 Å². The lowest BCUT2D eigenvalue weighted by molar-refractivity contribution is -0.123. The Hall–Kier alpha value is -3.99. The van der Waals surface area contributed by atoms with Gasteiger partial charge in [0, 0.05) is 18.9 Å². The highest BCUT2D eigenvalue weighted by molar-refractivity contribution is 5.97. The Bertz CT molecular complexity index is 1390. The maximum Gasteiger partial charge on any atom is 0.294 e. The third-order valence-electron chi connectivity index (χ3n) is 5.52. The number of hydrogen-bond acceptors (Lipinski definition) is 5. The molecular formula is C24H21F4N5O2. The zero-order chi connectivity index (χ0) is 25.3. The average molecular weight is 487 g/mol. The molecule has 1 atom stereocenters. The number of hydrogen-bond donors (Lipinski definition) is 2. The SMILES string of the molecule is CO[C@H](c1ccc(F)cc1)C(F)(F)CNC(=O)c1c(C)ccc(-c2ccn3nc(N)nc3c2)c1F. The number of aryl methyl sites for hydroxylation is 1. The smallest absolute Gasteiger partial charge is 0.294 e. The normalized spacial score (nSPS) is 12.6. The molecule has 0 spiro atoms. The molecule has 0 aliphatic rings. The van der Waals surface area contributed by atoms with E-state index in [0.29, 0.717) is 11.2 Å². The van der Waals surface area contributed by atoms with Gasteiger partial charge < -0.3 is 15.8 Å². The number of aromatic nitrogens is 3. The molecule has 7 nitrogen and oxygen atoms in total. The number of benzene rings is 2. The Morgan fingerprint density at radius 3 is 2.57 bits per heavy atom. The number of rotatable bonds is 7. The topological polar surface area (TPSA) is 94.5 Å². The van der Waals surface area contributed by atoms with Crippen molar-refractivity contribution in [2.75, 3.05) is 19.4 Å². The predicted molar refractivity (Wildman–Crippen MR) is 121 cm³/mol. The summed E-state index contributed by atoms with van der Waals surface area (Å²) in [5.74, 6) is -5.99. The zero-order valence-electron chi connectivity index (χ0n) is 18.7. The minimum Gasteiger partial charge on any atom is -0.370 e. The van der Waals surface area contributed by atoms with Gasteiger partial charge >= 0.3 is 0 Å². The summed E-state index contributed by atoms with van der Waals surface area (Å²) in [4.78, 5) is 16.8. The number of halogens is 4. The van der Waals surface area contributed by atoms with E-state index in [1.54, 1.807) is 12.1 Å². The van der Waals surface area contributed by atoms with E-state index in [2.05, 4.69) is 15.4 Å². The average Bonchev–Trinajstić information content (AvgIpc) is 3.18. The lowest BCUT2D eigenvalue weighted by atomic mass is 9.98. The fourth-order valence-electron chi connectivity index (χ4n) is 3.81. The van der Waals surface area contributed by atoms with Gasteiger partial charge in [0.2, 0.25) is 5.95 Å². The van der Waals surface area contributed by atoms with Gasteiger partial charge in [0.1, 0.15) is 17.7 Å². The molecule has 2 aromatic heterocycles. The Morgan fingerprint density at radius 1 is 1.17 bits per heavy atom. The number of fused-ring (bicyclic) bond motifs is 1. The van der Waals surface area contributed by atoms with E-state index in [4.69, 9.17) is 10.5 Å². The summed E-state index contributed by atoms with van der Waals surface area (Å²) in [7, 11) is 1.08. The highest BCUT2D eigenvalue weighted by Gasteiger charge is 2.41. The van der Waals surface area contributed by atoms with Gasteiger partial charge in [-0.15, -0.1) is 5.10 Å². The summed E-state index contributed by atoms with van der Waals surface area (Å²) < 4.78 is 64.7. The molecular weight excluding hydrogens is 466 g/mol. The lowest BCUT2D eigenvalue weighted by Gasteiger charge is -2.26. The van der Waals surface area contributed by atoms with E-state index in [9.17, 15) is 18.0 Å². The van der Waals surface area contributed by atoms with Gasteiger partial charge in [-0.2, -0.15) is 4.98 Å². The van der Waals surface area contributed by atoms with E-state index >= 15 is 4.39 Å². The number of amides is 1. The number of carbonyl (C=O) groups excluding carboxylic acids is 1. The first-order chi connectivity index (χ1) is 16.6. The summed E-state index contributed by atoms with van der Waals surface area (Å²) in [6, 6.07) is 10.5. The molecule has 4 aromatic rings. The molecule has 0 aliphatic carbocycles. The van der Waals surface area contributed by atoms with Gasteiger partial charge in [-0.05, 0) is 47.9 Å². The quantitative estimate of drug-likeness (QED) is 0.379. The summed E-state index contributed by atoms with van der Waals surface area (Å²) in [5.41, 5.74) is 6.36. The van der Waals surface area contributed by atoms with E-state index in [1.807, 2.05) is 0 Å². The van der Waals surface area contributed by atoms with Crippen LogP contribution in [0.2, 0.25) is 0 Å². The van der Waals surface area contributed by atoms with E-state index in [0.717, 1.165) is 19.2 Å². The van der Waals surface area contributed by atoms with Gasteiger partial charge in [0.15, 0.2) is 5.65 Å². The number of carbonyl (C=O) groups is 1. The zero-order valence-corrected chi connectivity index (χ0v) is 18.7. The maximum atomic E-state index is 15.4. The minimum absolute atomic E-state index is 0.0296. The van der Waals surface area contributed by atoms with Crippen molar-refractivity contribution in [3.63, 3.8) is 0 Å². The molecule has 35 heavy (non-hydrogen) atoms.